The Balaban J connectivity index is 2.08. The Morgan fingerprint density at radius 1 is 0.889 bits per heavy atom. The lowest BCUT2D eigenvalue weighted by Gasteiger charge is -2.21. The summed E-state index contributed by atoms with van der Waals surface area (Å²) >= 11 is 0. The molecule has 7 heteroatoms. The number of hydrogen-bond donors (Lipinski definition) is 1. The van der Waals surface area contributed by atoms with Crippen molar-refractivity contribution < 1.29 is 23.9 Å². The number of hydrogen-bond acceptors (Lipinski definition) is 5. The first-order chi connectivity index (χ1) is 12.8. The van der Waals surface area contributed by atoms with Gasteiger partial charge in [-0.1, -0.05) is 0 Å². The van der Waals surface area contributed by atoms with Crippen LogP contribution in [-0.2, 0) is 14.3 Å². The van der Waals surface area contributed by atoms with Crippen molar-refractivity contribution in [1.82, 2.24) is 0 Å². The number of nitrogens with one attached hydrogen (secondary N) is 1. The number of benzene rings is 2. The molecule has 2 aromatic carbocycles. The number of methoxy groups -OCH3 is 1. The van der Waals surface area contributed by atoms with Crippen molar-refractivity contribution >= 4 is 34.9 Å². The van der Waals surface area contributed by atoms with Gasteiger partial charge in [0, 0.05) is 23.9 Å². The number of amides is 2. The molecule has 7 nitrogen and oxygen atoms in total. The molecule has 0 atom stereocenters. The van der Waals surface area contributed by atoms with Crippen LogP contribution in [0.25, 0.3) is 0 Å². The maximum atomic E-state index is 12.3. The fourth-order valence-corrected chi connectivity index (χ4v) is 2.41. The van der Waals surface area contributed by atoms with Gasteiger partial charge in [0.25, 0.3) is 0 Å². The zero-order chi connectivity index (χ0) is 20.0. The summed E-state index contributed by atoms with van der Waals surface area (Å²) in [6.45, 7) is 2.62. The van der Waals surface area contributed by atoms with Crippen molar-refractivity contribution in [2.45, 2.75) is 13.8 Å². The third-order valence-electron chi connectivity index (χ3n) is 3.86. The number of rotatable bonds is 6. The van der Waals surface area contributed by atoms with Gasteiger partial charge in [-0.25, -0.2) is 4.79 Å². The molecule has 0 saturated carbocycles. The smallest absolute Gasteiger partial charge is 0.337 e. The van der Waals surface area contributed by atoms with Gasteiger partial charge in [-0.05, 0) is 55.5 Å². The summed E-state index contributed by atoms with van der Waals surface area (Å²) in [7, 11) is 1.28. The Morgan fingerprint density at radius 3 is 1.93 bits per heavy atom. The molecule has 1 N–H and O–H groups in total. The topological polar surface area (TPSA) is 92.8 Å². The van der Waals surface area contributed by atoms with E-state index in [1.807, 2.05) is 0 Å². The number of ether oxygens (including phenoxy) is 1. The first-order valence-corrected chi connectivity index (χ1v) is 8.19. The summed E-state index contributed by atoms with van der Waals surface area (Å²) in [6.07, 6.45) is 0. The Hall–Kier alpha value is -3.48. The predicted octanol–water partition coefficient (Wildman–Crippen LogP) is 2.67. The quantitative estimate of drug-likeness (QED) is 0.625. The van der Waals surface area contributed by atoms with E-state index in [9.17, 15) is 19.2 Å². The maximum Gasteiger partial charge on any atom is 0.337 e. The van der Waals surface area contributed by atoms with E-state index in [2.05, 4.69) is 10.1 Å². The highest BCUT2D eigenvalue weighted by Crippen LogP contribution is 2.17. The molecule has 27 heavy (non-hydrogen) atoms. The summed E-state index contributed by atoms with van der Waals surface area (Å²) in [4.78, 5) is 48.3. The summed E-state index contributed by atoms with van der Waals surface area (Å²) in [5.41, 5.74) is 1.90. The first-order valence-electron chi connectivity index (χ1n) is 8.19. The van der Waals surface area contributed by atoms with Crippen molar-refractivity contribution in [3.8, 4) is 0 Å². The van der Waals surface area contributed by atoms with Gasteiger partial charge in [-0.3, -0.25) is 14.4 Å². The SMILES string of the molecule is COC(=O)c1ccc(N(CC(=O)Nc2ccc(C(C)=O)cc2)C(C)=O)cc1. The summed E-state index contributed by atoms with van der Waals surface area (Å²) in [5, 5.41) is 2.68. The molecule has 0 spiro atoms. The van der Waals surface area contributed by atoms with Gasteiger partial charge in [-0.15, -0.1) is 0 Å². The van der Waals surface area contributed by atoms with Gasteiger partial charge >= 0.3 is 5.97 Å². The molecule has 0 heterocycles. The van der Waals surface area contributed by atoms with Crippen LogP contribution in [0.2, 0.25) is 0 Å². The van der Waals surface area contributed by atoms with Crippen LogP contribution in [0.3, 0.4) is 0 Å². The molecule has 0 aliphatic rings. The third kappa shape index (κ3) is 5.24. The lowest BCUT2D eigenvalue weighted by molar-refractivity contribution is -0.120. The molecule has 0 aliphatic carbocycles. The fraction of sp³-hybridized carbons (Fsp3) is 0.200. The van der Waals surface area contributed by atoms with E-state index in [0.29, 0.717) is 22.5 Å². The largest absolute Gasteiger partial charge is 0.465 e. The van der Waals surface area contributed by atoms with Crippen LogP contribution >= 0.6 is 0 Å². The lowest BCUT2D eigenvalue weighted by atomic mass is 10.1. The number of esters is 1. The van der Waals surface area contributed by atoms with Crippen LogP contribution in [0.15, 0.2) is 48.5 Å². The maximum absolute atomic E-state index is 12.3. The Labute approximate surface area is 156 Å². The molecule has 140 valence electrons. The van der Waals surface area contributed by atoms with E-state index in [1.165, 1.54) is 38.0 Å². The van der Waals surface area contributed by atoms with Gasteiger partial charge in [0.15, 0.2) is 5.78 Å². The van der Waals surface area contributed by atoms with Crippen molar-refractivity contribution in [3.05, 3.63) is 59.7 Å². The van der Waals surface area contributed by atoms with Crippen LogP contribution < -0.4 is 10.2 Å². The van der Waals surface area contributed by atoms with Crippen molar-refractivity contribution in [3.63, 3.8) is 0 Å². The van der Waals surface area contributed by atoms with Crippen molar-refractivity contribution in [2.24, 2.45) is 0 Å². The highest BCUT2D eigenvalue weighted by atomic mass is 16.5. The molecule has 2 amide bonds. The molecule has 0 unspecified atom stereocenters. The number of carbonyl (C=O) groups excluding carboxylic acids is 4. The summed E-state index contributed by atoms with van der Waals surface area (Å²) < 4.78 is 4.63. The van der Waals surface area contributed by atoms with Gasteiger partial charge in [0.05, 0.1) is 12.7 Å². The molecule has 2 aromatic rings. The van der Waals surface area contributed by atoms with Crippen molar-refractivity contribution in [1.29, 1.82) is 0 Å². The molecular formula is C20H20N2O5. The molecule has 0 radical (unpaired) electrons. The van der Waals surface area contributed by atoms with E-state index >= 15 is 0 Å². The Morgan fingerprint density at radius 2 is 1.44 bits per heavy atom. The second kappa shape index (κ2) is 8.75. The number of nitrogens with zero attached hydrogens (tertiary/aromatic N) is 1. The zero-order valence-corrected chi connectivity index (χ0v) is 15.3. The molecule has 0 saturated heterocycles. The van der Waals surface area contributed by atoms with E-state index in [-0.39, 0.29) is 18.2 Å². The van der Waals surface area contributed by atoms with Gasteiger partial charge in [-0.2, -0.15) is 0 Å². The first kappa shape index (κ1) is 19.8. The Kier molecular flexibility index (Phi) is 6.43. The van der Waals surface area contributed by atoms with Crippen LogP contribution in [0.4, 0.5) is 11.4 Å². The molecule has 0 aliphatic heterocycles. The minimum Gasteiger partial charge on any atom is -0.465 e. The minimum atomic E-state index is -0.484. The number of ketones is 1. The number of anilines is 2. The van der Waals surface area contributed by atoms with Gasteiger partial charge in [0.2, 0.25) is 11.8 Å². The summed E-state index contributed by atoms with van der Waals surface area (Å²) in [5.74, 6) is -1.26. The predicted molar refractivity (Wildman–Crippen MR) is 101 cm³/mol. The molecule has 0 bridgehead atoms. The lowest BCUT2D eigenvalue weighted by Crippen LogP contribution is -2.36. The monoisotopic (exact) mass is 368 g/mol. The van der Waals surface area contributed by atoms with E-state index in [1.54, 1.807) is 36.4 Å². The van der Waals surface area contributed by atoms with Gasteiger partial charge in [0.1, 0.15) is 6.54 Å². The van der Waals surface area contributed by atoms with Crippen LogP contribution in [0.5, 0.6) is 0 Å². The second-order valence-corrected chi connectivity index (χ2v) is 5.83. The molecule has 2 rings (SSSR count). The minimum absolute atomic E-state index is 0.0639. The summed E-state index contributed by atoms with van der Waals surface area (Å²) in [6, 6.07) is 12.7. The van der Waals surface area contributed by atoms with Crippen LogP contribution in [0, 0.1) is 0 Å². The molecule has 0 aromatic heterocycles. The molecular weight excluding hydrogens is 348 g/mol. The third-order valence-corrected chi connectivity index (χ3v) is 3.86. The molecule has 0 fully saturated rings. The second-order valence-electron chi connectivity index (χ2n) is 5.83. The number of Topliss-reactive ketones (excluding diaryl/α,β-unsaturated/α-hetero) is 1. The standard InChI is InChI=1S/C20H20N2O5/c1-13(23)15-4-8-17(9-5-15)21-19(25)12-22(14(2)24)18-10-6-16(7-11-18)20(26)27-3/h4-11H,12H2,1-3H3,(H,21,25). The average molecular weight is 368 g/mol. The fourth-order valence-electron chi connectivity index (χ4n) is 2.41. The highest BCUT2D eigenvalue weighted by Gasteiger charge is 2.17. The Bertz CT molecular complexity index is 857. The average Bonchev–Trinajstić information content (AvgIpc) is 2.66. The van der Waals surface area contributed by atoms with Crippen LogP contribution in [0.1, 0.15) is 34.6 Å². The van der Waals surface area contributed by atoms with E-state index < -0.39 is 11.9 Å². The van der Waals surface area contributed by atoms with E-state index in [0.717, 1.165) is 0 Å². The van der Waals surface area contributed by atoms with E-state index in [4.69, 9.17) is 0 Å². The van der Waals surface area contributed by atoms with Crippen LogP contribution in [-0.4, -0.2) is 37.2 Å². The normalized spacial score (nSPS) is 10.0. The highest BCUT2D eigenvalue weighted by molar-refractivity contribution is 6.02. The number of carbonyl (C=O) groups is 4. The van der Waals surface area contributed by atoms with Crippen molar-refractivity contribution in [2.75, 3.05) is 23.9 Å². The van der Waals surface area contributed by atoms with Gasteiger partial charge < -0.3 is 15.0 Å². The zero-order valence-electron chi connectivity index (χ0n) is 15.3.